The Balaban J connectivity index is 1.59. The van der Waals surface area contributed by atoms with Gasteiger partial charge in [0.05, 0.1) is 18.4 Å². The van der Waals surface area contributed by atoms with Gasteiger partial charge in [0, 0.05) is 11.9 Å². The lowest BCUT2D eigenvalue weighted by Gasteiger charge is -2.08. The molecule has 0 saturated heterocycles. The summed E-state index contributed by atoms with van der Waals surface area (Å²) in [5, 5.41) is 10.6. The van der Waals surface area contributed by atoms with Crippen molar-refractivity contribution in [3.05, 3.63) is 78.4 Å². The van der Waals surface area contributed by atoms with Crippen molar-refractivity contribution in [1.29, 1.82) is 0 Å². The van der Waals surface area contributed by atoms with Gasteiger partial charge in [-0.15, -0.1) is 0 Å². The van der Waals surface area contributed by atoms with Crippen LogP contribution in [0.15, 0.2) is 67.0 Å². The van der Waals surface area contributed by atoms with Gasteiger partial charge in [0.25, 0.3) is 0 Å². The lowest BCUT2D eigenvalue weighted by atomic mass is 10.2. The van der Waals surface area contributed by atoms with Gasteiger partial charge in [-0.2, -0.15) is 5.10 Å². The summed E-state index contributed by atoms with van der Waals surface area (Å²) in [5.74, 6) is -0.312. The van der Waals surface area contributed by atoms with Crippen LogP contribution in [0.1, 0.15) is 5.56 Å². The molecule has 6 heteroatoms. The fourth-order valence-electron chi connectivity index (χ4n) is 2.14. The third kappa shape index (κ3) is 4.37. The number of hydrogen-bond donors (Lipinski definition) is 2. The molecule has 0 saturated carbocycles. The molecule has 3 rings (SSSR count). The Morgan fingerprint density at radius 3 is 2.61 bits per heavy atom. The number of thiocarbonyl (C=S) groups is 1. The second-order valence-corrected chi connectivity index (χ2v) is 5.41. The summed E-state index contributed by atoms with van der Waals surface area (Å²) < 4.78 is 15.0. The van der Waals surface area contributed by atoms with Crippen LogP contribution in [-0.4, -0.2) is 14.9 Å². The van der Waals surface area contributed by atoms with E-state index < -0.39 is 0 Å². The molecule has 1 aromatic heterocycles. The molecule has 3 aromatic rings. The molecule has 0 unspecified atom stereocenters. The first kappa shape index (κ1) is 15.2. The molecule has 23 heavy (non-hydrogen) atoms. The lowest BCUT2D eigenvalue weighted by molar-refractivity contribution is 0.628. The highest BCUT2D eigenvalue weighted by Crippen LogP contribution is 2.11. The van der Waals surface area contributed by atoms with Crippen LogP contribution in [0.2, 0.25) is 0 Å². The van der Waals surface area contributed by atoms with E-state index in [2.05, 4.69) is 15.7 Å². The van der Waals surface area contributed by atoms with Crippen molar-refractivity contribution in [1.82, 2.24) is 9.78 Å². The van der Waals surface area contributed by atoms with E-state index in [9.17, 15) is 4.39 Å². The molecule has 0 bridgehead atoms. The largest absolute Gasteiger partial charge is 0.332 e. The molecule has 116 valence electrons. The number of benzene rings is 2. The highest BCUT2D eigenvalue weighted by molar-refractivity contribution is 7.80. The van der Waals surface area contributed by atoms with Crippen LogP contribution in [-0.2, 0) is 6.54 Å². The minimum Gasteiger partial charge on any atom is -0.332 e. The molecule has 2 aromatic carbocycles. The molecule has 0 radical (unpaired) electrons. The van der Waals surface area contributed by atoms with E-state index in [4.69, 9.17) is 12.2 Å². The molecule has 4 nitrogen and oxygen atoms in total. The molecule has 0 fully saturated rings. The third-order valence-corrected chi connectivity index (χ3v) is 3.37. The molecule has 0 spiro atoms. The van der Waals surface area contributed by atoms with Gasteiger partial charge in [-0.05, 0) is 36.0 Å². The molecule has 0 atom stereocenters. The standard InChI is InChI=1S/C17H15FN4S/c18-14-7-4-8-15(9-14)20-17(23)21-16-10-19-22(12-16)11-13-5-2-1-3-6-13/h1-10,12H,11H2,(H2,20,21,23). The van der Waals surface area contributed by atoms with E-state index in [-0.39, 0.29) is 5.82 Å². The Hall–Kier alpha value is -2.73. The zero-order valence-electron chi connectivity index (χ0n) is 12.2. The Morgan fingerprint density at radius 1 is 1.04 bits per heavy atom. The van der Waals surface area contributed by atoms with E-state index in [0.717, 1.165) is 5.69 Å². The molecule has 0 aliphatic rings. The first-order valence-corrected chi connectivity index (χ1v) is 7.50. The number of halogens is 1. The molecule has 2 N–H and O–H groups in total. The predicted molar refractivity (Wildman–Crippen MR) is 94.0 cm³/mol. The van der Waals surface area contributed by atoms with Gasteiger partial charge in [0.15, 0.2) is 5.11 Å². The molecule has 0 aliphatic carbocycles. The summed E-state index contributed by atoms with van der Waals surface area (Å²) in [7, 11) is 0. The van der Waals surface area contributed by atoms with Gasteiger partial charge >= 0.3 is 0 Å². The van der Waals surface area contributed by atoms with E-state index in [0.29, 0.717) is 17.3 Å². The van der Waals surface area contributed by atoms with Gasteiger partial charge < -0.3 is 10.6 Å². The molecular weight excluding hydrogens is 311 g/mol. The zero-order chi connectivity index (χ0) is 16.1. The number of rotatable bonds is 4. The zero-order valence-corrected chi connectivity index (χ0v) is 13.1. The lowest BCUT2D eigenvalue weighted by Crippen LogP contribution is -2.18. The first-order valence-electron chi connectivity index (χ1n) is 7.09. The van der Waals surface area contributed by atoms with Gasteiger partial charge in [0.1, 0.15) is 5.82 Å². The van der Waals surface area contributed by atoms with Crippen molar-refractivity contribution in [2.45, 2.75) is 6.54 Å². The van der Waals surface area contributed by atoms with Gasteiger partial charge in [-0.25, -0.2) is 4.39 Å². The fraction of sp³-hybridized carbons (Fsp3) is 0.0588. The van der Waals surface area contributed by atoms with E-state index in [1.807, 2.05) is 41.2 Å². The van der Waals surface area contributed by atoms with Crippen molar-refractivity contribution >= 4 is 28.7 Å². The van der Waals surface area contributed by atoms with Crippen molar-refractivity contribution in [2.24, 2.45) is 0 Å². The van der Waals surface area contributed by atoms with Crippen LogP contribution in [0.4, 0.5) is 15.8 Å². The van der Waals surface area contributed by atoms with Crippen LogP contribution in [0.5, 0.6) is 0 Å². The van der Waals surface area contributed by atoms with Gasteiger partial charge in [-0.1, -0.05) is 36.4 Å². The second-order valence-electron chi connectivity index (χ2n) is 5.00. The molecule has 0 aliphatic heterocycles. The third-order valence-electron chi connectivity index (χ3n) is 3.16. The smallest absolute Gasteiger partial charge is 0.175 e. The number of nitrogens with one attached hydrogen (secondary N) is 2. The number of aromatic nitrogens is 2. The Labute approximate surface area is 139 Å². The number of anilines is 2. The Bertz CT molecular complexity index is 801. The maximum Gasteiger partial charge on any atom is 0.175 e. The summed E-state index contributed by atoms with van der Waals surface area (Å²) in [5.41, 5.74) is 2.54. The monoisotopic (exact) mass is 326 g/mol. The second kappa shape index (κ2) is 7.02. The number of nitrogens with zero attached hydrogens (tertiary/aromatic N) is 2. The Kier molecular flexibility index (Phi) is 4.63. The highest BCUT2D eigenvalue weighted by Gasteiger charge is 2.03. The quantitative estimate of drug-likeness (QED) is 0.714. The van der Waals surface area contributed by atoms with E-state index >= 15 is 0 Å². The van der Waals surface area contributed by atoms with Crippen LogP contribution in [0, 0.1) is 5.82 Å². The highest BCUT2D eigenvalue weighted by atomic mass is 32.1. The van der Waals surface area contributed by atoms with Crippen molar-refractivity contribution in [2.75, 3.05) is 10.6 Å². The summed E-state index contributed by atoms with van der Waals surface area (Å²) in [4.78, 5) is 0. The SMILES string of the molecule is Fc1cccc(NC(=S)Nc2cnn(Cc3ccccc3)c2)c1. The number of hydrogen-bond acceptors (Lipinski definition) is 2. The van der Waals surface area contributed by atoms with E-state index in [1.54, 1.807) is 18.3 Å². The van der Waals surface area contributed by atoms with Crippen molar-refractivity contribution in [3.8, 4) is 0 Å². The van der Waals surface area contributed by atoms with E-state index in [1.165, 1.54) is 17.7 Å². The maximum absolute atomic E-state index is 13.1. The minimum absolute atomic E-state index is 0.312. The molecular formula is C17H15FN4S. The summed E-state index contributed by atoms with van der Waals surface area (Å²) in [6.45, 7) is 0.687. The minimum atomic E-state index is -0.312. The topological polar surface area (TPSA) is 41.9 Å². The average Bonchev–Trinajstić information content (AvgIpc) is 2.95. The molecule has 1 heterocycles. The summed E-state index contributed by atoms with van der Waals surface area (Å²) in [6.07, 6.45) is 3.56. The van der Waals surface area contributed by atoms with Crippen LogP contribution >= 0.6 is 12.2 Å². The van der Waals surface area contributed by atoms with Crippen LogP contribution in [0.25, 0.3) is 0 Å². The van der Waals surface area contributed by atoms with Crippen molar-refractivity contribution in [3.63, 3.8) is 0 Å². The maximum atomic E-state index is 13.1. The normalized spacial score (nSPS) is 10.3. The van der Waals surface area contributed by atoms with Crippen LogP contribution in [0.3, 0.4) is 0 Å². The summed E-state index contributed by atoms with van der Waals surface area (Å²) in [6, 6.07) is 16.2. The predicted octanol–water partition coefficient (Wildman–Crippen LogP) is 3.88. The van der Waals surface area contributed by atoms with Crippen LogP contribution < -0.4 is 10.6 Å². The average molecular weight is 326 g/mol. The van der Waals surface area contributed by atoms with Gasteiger partial charge in [-0.3, -0.25) is 4.68 Å². The molecule has 0 amide bonds. The fourth-order valence-corrected chi connectivity index (χ4v) is 2.38. The van der Waals surface area contributed by atoms with Gasteiger partial charge in [0.2, 0.25) is 0 Å². The summed E-state index contributed by atoms with van der Waals surface area (Å²) >= 11 is 5.22. The Morgan fingerprint density at radius 2 is 1.83 bits per heavy atom. The van der Waals surface area contributed by atoms with Crippen molar-refractivity contribution < 1.29 is 4.39 Å². The first-order chi connectivity index (χ1) is 11.2.